The van der Waals surface area contributed by atoms with Crippen LogP contribution in [-0.2, 0) is 45.8 Å². The molecule has 0 atom stereocenters. The van der Waals surface area contributed by atoms with Crippen LogP contribution in [0.3, 0.4) is 0 Å². The third-order valence-electron chi connectivity index (χ3n) is 8.09. The number of aryl methyl sites for hydroxylation is 7. The van der Waals surface area contributed by atoms with Crippen LogP contribution >= 0.6 is 0 Å². The zero-order valence-electron chi connectivity index (χ0n) is 25.5. The molecular weight excluding hydrogens is 713 g/mol. The maximum absolute atomic E-state index is 4.59. The molecule has 3 heteroatoms. The van der Waals surface area contributed by atoms with Crippen molar-refractivity contribution in [2.24, 2.45) is 0 Å². The topological polar surface area (TPSA) is 25.8 Å². The molecule has 0 amide bonds. The van der Waals surface area contributed by atoms with Crippen LogP contribution in [0, 0.1) is 32.9 Å². The van der Waals surface area contributed by atoms with Gasteiger partial charge in [0.15, 0.2) is 0 Å². The number of nitrogens with zero attached hydrogens (tertiary/aromatic N) is 2. The van der Waals surface area contributed by atoms with Crippen molar-refractivity contribution < 1.29 is 20.1 Å². The summed E-state index contributed by atoms with van der Waals surface area (Å²) in [7, 11) is 0. The maximum Gasteiger partial charge on any atom is 0.0166 e. The molecule has 4 aliphatic rings. The number of pyridine rings is 2. The molecule has 1 radical (unpaired) electrons. The fourth-order valence-corrected chi connectivity index (χ4v) is 5.87. The summed E-state index contributed by atoms with van der Waals surface area (Å²) in [6, 6.07) is 43.2. The van der Waals surface area contributed by atoms with Crippen LogP contribution in [-0.4, -0.2) is 9.97 Å². The smallest absolute Gasteiger partial charge is 0.0166 e. The fourth-order valence-electron chi connectivity index (χ4n) is 5.87. The van der Waals surface area contributed by atoms with Crippen molar-refractivity contribution in [2.75, 3.05) is 0 Å². The Morgan fingerprint density at radius 3 is 2.07 bits per heavy atom. The van der Waals surface area contributed by atoms with E-state index in [-0.39, 0.29) is 20.1 Å². The molecule has 0 aliphatic heterocycles. The summed E-state index contributed by atoms with van der Waals surface area (Å²) >= 11 is 0. The number of hydrogen-bond acceptors (Lipinski definition) is 2. The summed E-state index contributed by atoms with van der Waals surface area (Å²) in [5, 5.41) is 0. The van der Waals surface area contributed by atoms with E-state index in [0.29, 0.717) is 0 Å². The minimum Gasteiger partial charge on any atom is -0.305 e. The molecule has 0 fully saturated rings. The van der Waals surface area contributed by atoms with Crippen molar-refractivity contribution in [2.45, 2.75) is 46.5 Å². The van der Waals surface area contributed by atoms with E-state index in [1.165, 1.54) is 44.5 Å². The third kappa shape index (κ3) is 7.66. The zero-order chi connectivity index (χ0) is 29.6. The monoisotopic (exact) mass is 749 g/mol. The summed E-state index contributed by atoms with van der Waals surface area (Å²) in [5.74, 6) is 0. The van der Waals surface area contributed by atoms with Crippen LogP contribution in [0.2, 0.25) is 0 Å². The van der Waals surface area contributed by atoms with Gasteiger partial charge in [-0.25, -0.2) is 0 Å². The summed E-state index contributed by atoms with van der Waals surface area (Å²) in [5.41, 5.74) is 16.2. The first-order valence-electron chi connectivity index (χ1n) is 15.1. The Bertz CT molecular complexity index is 1820. The quantitative estimate of drug-likeness (QED) is 0.169. The molecule has 0 spiro atoms. The second kappa shape index (κ2) is 14.5. The van der Waals surface area contributed by atoms with Gasteiger partial charge in [-0.15, -0.1) is 70.8 Å². The Hall–Kier alpha value is -4.17. The Morgan fingerprint density at radius 1 is 0.591 bits per heavy atom. The fraction of sp³-hybridized carbons (Fsp3) is 0.171. The van der Waals surface area contributed by atoms with Crippen molar-refractivity contribution >= 4 is 0 Å². The average Bonchev–Trinajstić information content (AvgIpc) is 3.03. The van der Waals surface area contributed by atoms with Gasteiger partial charge in [0, 0.05) is 32.5 Å². The molecule has 10 rings (SSSR count). The van der Waals surface area contributed by atoms with Gasteiger partial charge in [-0.1, -0.05) is 68.4 Å². The van der Waals surface area contributed by atoms with Gasteiger partial charge < -0.3 is 9.97 Å². The molecule has 4 aliphatic carbocycles. The van der Waals surface area contributed by atoms with Gasteiger partial charge in [-0.2, -0.15) is 0 Å². The molecule has 0 saturated carbocycles. The molecule has 2 aromatic heterocycles. The van der Waals surface area contributed by atoms with E-state index in [1.54, 1.807) is 6.20 Å². The molecule has 2 heterocycles. The van der Waals surface area contributed by atoms with E-state index in [0.717, 1.165) is 53.8 Å². The van der Waals surface area contributed by atoms with E-state index in [9.17, 15) is 0 Å². The molecule has 2 nitrogen and oxygen atoms in total. The molecule has 221 valence electrons. The first kappa shape index (κ1) is 31.3. The van der Waals surface area contributed by atoms with Gasteiger partial charge >= 0.3 is 0 Å². The third-order valence-corrected chi connectivity index (χ3v) is 8.09. The van der Waals surface area contributed by atoms with Crippen LogP contribution < -0.4 is 0 Å². The summed E-state index contributed by atoms with van der Waals surface area (Å²) in [6.07, 6.45) is 8.00. The maximum atomic E-state index is 4.59. The average molecular weight is 749 g/mol. The number of aromatic nitrogens is 2. The largest absolute Gasteiger partial charge is 0.305 e. The van der Waals surface area contributed by atoms with Gasteiger partial charge in [0.05, 0.1) is 0 Å². The van der Waals surface area contributed by atoms with Gasteiger partial charge in [0.2, 0.25) is 0 Å². The van der Waals surface area contributed by atoms with Crippen molar-refractivity contribution in [3.63, 3.8) is 0 Å². The molecular formula is C41H36IrN2-2. The van der Waals surface area contributed by atoms with Crippen molar-refractivity contribution in [3.05, 3.63) is 167 Å². The van der Waals surface area contributed by atoms with Gasteiger partial charge in [0.25, 0.3) is 0 Å². The summed E-state index contributed by atoms with van der Waals surface area (Å²) < 4.78 is 0. The van der Waals surface area contributed by atoms with E-state index < -0.39 is 0 Å². The second-order valence-electron chi connectivity index (χ2n) is 11.4. The standard InChI is InChI=1S/C28H24N.C13H12N.Ir/c1-20-17-21-7-11-23(20)12-8-22-10-14-24(13-9-21)27(18-22)26-15-16-29-28(19-26)25-5-3-2-4-6-25;1-10-7-11(2)9-12(8-10)13-5-3-4-6-14-13;/h2-5,7,10-11,14-19H,8-9,12-13H2,1H3;3-8H,1-2H3;/q2*-1;. The summed E-state index contributed by atoms with van der Waals surface area (Å²) in [6.45, 7) is 6.39. The molecule has 44 heavy (non-hydrogen) atoms. The SMILES string of the molecule is Cc1[c-]c(-c2ccccn2)cc(C)c1.Cc1cc2ccc1CCc1ccc(c(-c3ccnc(-c4[c-]cccc4)c3)c1)CC2.[Ir]. The molecule has 0 N–H and O–H groups in total. The summed E-state index contributed by atoms with van der Waals surface area (Å²) in [4.78, 5) is 8.89. The minimum absolute atomic E-state index is 0. The van der Waals surface area contributed by atoms with Gasteiger partial charge in [0.1, 0.15) is 0 Å². The van der Waals surface area contributed by atoms with E-state index >= 15 is 0 Å². The number of hydrogen-bond donors (Lipinski definition) is 0. The van der Waals surface area contributed by atoms with Crippen LogP contribution in [0.1, 0.15) is 38.9 Å². The van der Waals surface area contributed by atoms with Gasteiger partial charge in [-0.3, -0.25) is 0 Å². The van der Waals surface area contributed by atoms with Crippen molar-refractivity contribution in [3.8, 4) is 33.6 Å². The van der Waals surface area contributed by atoms with Crippen LogP contribution in [0.25, 0.3) is 33.6 Å². The van der Waals surface area contributed by atoms with Crippen molar-refractivity contribution in [1.82, 2.24) is 9.97 Å². The van der Waals surface area contributed by atoms with E-state index in [2.05, 4.69) is 110 Å². The Balaban J connectivity index is 0.000000216. The van der Waals surface area contributed by atoms with Gasteiger partial charge in [-0.05, 0) is 95.1 Å². The van der Waals surface area contributed by atoms with Crippen LogP contribution in [0.4, 0.5) is 0 Å². The normalized spacial score (nSPS) is 11.9. The molecule has 0 unspecified atom stereocenters. The van der Waals surface area contributed by atoms with Crippen molar-refractivity contribution in [1.29, 1.82) is 0 Å². The first-order valence-corrected chi connectivity index (χ1v) is 15.1. The van der Waals surface area contributed by atoms with E-state index in [4.69, 9.17) is 0 Å². The number of rotatable bonds is 3. The molecule has 0 saturated heterocycles. The molecule has 6 aromatic rings. The predicted octanol–water partition coefficient (Wildman–Crippen LogP) is 9.57. The number of benzene rings is 4. The predicted molar refractivity (Wildman–Crippen MR) is 178 cm³/mol. The minimum atomic E-state index is 0. The first-order chi connectivity index (χ1) is 21.0. The second-order valence-corrected chi connectivity index (χ2v) is 11.4. The molecule has 4 bridgehead atoms. The zero-order valence-corrected chi connectivity index (χ0v) is 27.9. The Kier molecular flexibility index (Phi) is 10.3. The van der Waals surface area contributed by atoms with Crippen LogP contribution in [0.15, 0.2) is 116 Å². The Morgan fingerprint density at radius 2 is 1.34 bits per heavy atom. The molecule has 4 aromatic carbocycles. The van der Waals surface area contributed by atoms with E-state index in [1.807, 2.05) is 42.6 Å². The Labute approximate surface area is 275 Å². The van der Waals surface area contributed by atoms with Crippen LogP contribution in [0.5, 0.6) is 0 Å².